The third kappa shape index (κ3) is 2.36. The van der Waals surface area contributed by atoms with Crippen molar-refractivity contribution in [1.29, 1.82) is 5.26 Å². The second-order valence-corrected chi connectivity index (χ2v) is 4.04. The first-order valence-corrected chi connectivity index (χ1v) is 5.50. The number of hydrogen-bond acceptors (Lipinski definition) is 3. The first-order valence-electron chi connectivity index (χ1n) is 5.12. The fraction of sp³-hybridized carbons (Fsp3) is 0. The van der Waals surface area contributed by atoms with E-state index in [0.29, 0.717) is 22.1 Å². The van der Waals surface area contributed by atoms with Crippen LogP contribution < -0.4 is 11.1 Å². The van der Waals surface area contributed by atoms with Gasteiger partial charge in [0.25, 0.3) is 0 Å². The zero-order chi connectivity index (χ0) is 13.1. The lowest BCUT2D eigenvalue weighted by atomic mass is 10.1. The number of nitriles is 1. The van der Waals surface area contributed by atoms with E-state index in [2.05, 4.69) is 5.32 Å². The van der Waals surface area contributed by atoms with Gasteiger partial charge in [-0.2, -0.15) is 5.26 Å². The van der Waals surface area contributed by atoms with Crippen LogP contribution in [0.4, 0.5) is 21.5 Å². The number of halogens is 2. The number of rotatable bonds is 2. The number of nitrogen functional groups attached to an aromatic ring is 1. The minimum atomic E-state index is -0.468. The monoisotopic (exact) mass is 261 g/mol. The standard InChI is InChI=1S/C13H9ClFN3/c14-10-2-1-3-11(17)13(10)18-12-5-4-9(15)6-8(12)7-16/h1-6,18H,17H2. The van der Waals surface area contributed by atoms with Gasteiger partial charge in [-0.05, 0) is 30.3 Å². The van der Waals surface area contributed by atoms with E-state index in [4.69, 9.17) is 22.6 Å². The van der Waals surface area contributed by atoms with E-state index in [1.807, 2.05) is 6.07 Å². The average molecular weight is 262 g/mol. The minimum Gasteiger partial charge on any atom is -0.397 e. The Morgan fingerprint density at radius 2 is 2.06 bits per heavy atom. The van der Waals surface area contributed by atoms with Gasteiger partial charge in [0.1, 0.15) is 11.9 Å². The normalized spacial score (nSPS) is 9.83. The van der Waals surface area contributed by atoms with Crippen LogP contribution in [-0.2, 0) is 0 Å². The number of para-hydroxylation sites is 1. The van der Waals surface area contributed by atoms with E-state index in [1.54, 1.807) is 18.2 Å². The highest BCUT2D eigenvalue weighted by molar-refractivity contribution is 6.34. The molecule has 3 N–H and O–H groups in total. The van der Waals surface area contributed by atoms with Crippen molar-refractivity contribution in [2.24, 2.45) is 0 Å². The summed E-state index contributed by atoms with van der Waals surface area (Å²) >= 11 is 6.01. The zero-order valence-corrected chi connectivity index (χ0v) is 10.0. The van der Waals surface area contributed by atoms with Crippen molar-refractivity contribution in [3.8, 4) is 6.07 Å². The maximum Gasteiger partial charge on any atom is 0.124 e. The molecule has 2 aromatic carbocycles. The van der Waals surface area contributed by atoms with Gasteiger partial charge in [-0.15, -0.1) is 0 Å². The third-order valence-corrected chi connectivity index (χ3v) is 2.72. The highest BCUT2D eigenvalue weighted by Gasteiger charge is 2.08. The number of benzene rings is 2. The summed E-state index contributed by atoms with van der Waals surface area (Å²) in [5, 5.41) is 12.3. The van der Waals surface area contributed by atoms with Crippen LogP contribution in [-0.4, -0.2) is 0 Å². The van der Waals surface area contributed by atoms with Gasteiger partial charge in [-0.25, -0.2) is 4.39 Å². The summed E-state index contributed by atoms with van der Waals surface area (Å²) in [5.41, 5.74) is 7.39. The highest BCUT2D eigenvalue weighted by Crippen LogP contribution is 2.32. The average Bonchev–Trinajstić information content (AvgIpc) is 2.35. The Hall–Kier alpha value is -2.25. The van der Waals surface area contributed by atoms with Gasteiger partial charge in [-0.3, -0.25) is 0 Å². The van der Waals surface area contributed by atoms with Crippen LogP contribution in [0.2, 0.25) is 5.02 Å². The van der Waals surface area contributed by atoms with Gasteiger partial charge in [-0.1, -0.05) is 17.7 Å². The summed E-state index contributed by atoms with van der Waals surface area (Å²) in [7, 11) is 0. The zero-order valence-electron chi connectivity index (χ0n) is 9.24. The fourth-order valence-corrected chi connectivity index (χ4v) is 1.75. The molecule has 0 fully saturated rings. The molecule has 0 aliphatic rings. The Kier molecular flexibility index (Phi) is 3.35. The van der Waals surface area contributed by atoms with Crippen LogP contribution in [0.25, 0.3) is 0 Å². The summed E-state index contributed by atoms with van der Waals surface area (Å²) in [4.78, 5) is 0. The lowest BCUT2D eigenvalue weighted by molar-refractivity contribution is 0.627. The molecule has 2 rings (SSSR count). The molecule has 0 atom stereocenters. The third-order valence-electron chi connectivity index (χ3n) is 2.41. The molecular weight excluding hydrogens is 253 g/mol. The van der Waals surface area contributed by atoms with Gasteiger partial charge in [0.05, 0.1) is 27.6 Å². The molecule has 0 saturated carbocycles. The van der Waals surface area contributed by atoms with Crippen molar-refractivity contribution in [3.05, 3.63) is 52.8 Å². The second kappa shape index (κ2) is 4.94. The number of hydrogen-bond donors (Lipinski definition) is 2. The Balaban J connectivity index is 2.44. The quantitative estimate of drug-likeness (QED) is 0.811. The van der Waals surface area contributed by atoms with Gasteiger partial charge >= 0.3 is 0 Å². The van der Waals surface area contributed by atoms with E-state index in [-0.39, 0.29) is 5.56 Å². The van der Waals surface area contributed by atoms with Crippen molar-refractivity contribution in [2.75, 3.05) is 11.1 Å². The smallest absolute Gasteiger partial charge is 0.124 e. The predicted octanol–water partition coefficient (Wildman–Crippen LogP) is 3.68. The van der Waals surface area contributed by atoms with Crippen LogP contribution in [0.3, 0.4) is 0 Å². The molecule has 18 heavy (non-hydrogen) atoms. The lowest BCUT2D eigenvalue weighted by Crippen LogP contribution is -1.99. The SMILES string of the molecule is N#Cc1cc(F)ccc1Nc1c(N)cccc1Cl. The van der Waals surface area contributed by atoms with Crippen LogP contribution in [0, 0.1) is 17.1 Å². The van der Waals surface area contributed by atoms with E-state index < -0.39 is 5.82 Å². The number of nitrogens with zero attached hydrogens (tertiary/aromatic N) is 1. The molecule has 0 spiro atoms. The molecule has 0 amide bonds. The van der Waals surface area contributed by atoms with Crippen molar-refractivity contribution < 1.29 is 4.39 Å². The molecule has 2 aromatic rings. The molecule has 90 valence electrons. The molecule has 0 radical (unpaired) electrons. The summed E-state index contributed by atoms with van der Waals surface area (Å²) in [6.45, 7) is 0. The molecule has 0 aliphatic heterocycles. The lowest BCUT2D eigenvalue weighted by Gasteiger charge is -2.12. The molecule has 3 nitrogen and oxygen atoms in total. The molecule has 0 aromatic heterocycles. The number of anilines is 3. The Morgan fingerprint density at radius 3 is 2.72 bits per heavy atom. The largest absolute Gasteiger partial charge is 0.397 e. The molecule has 0 unspecified atom stereocenters. The van der Waals surface area contributed by atoms with Gasteiger partial charge < -0.3 is 11.1 Å². The van der Waals surface area contributed by atoms with E-state index in [1.165, 1.54) is 12.1 Å². The number of nitrogens with two attached hydrogens (primary N) is 1. The predicted molar refractivity (Wildman–Crippen MR) is 70.3 cm³/mol. The second-order valence-electron chi connectivity index (χ2n) is 3.63. The Labute approximate surface area is 109 Å². The molecule has 0 heterocycles. The van der Waals surface area contributed by atoms with Crippen LogP contribution in [0.1, 0.15) is 5.56 Å². The first kappa shape index (κ1) is 12.2. The van der Waals surface area contributed by atoms with Gasteiger partial charge in [0, 0.05) is 0 Å². The topological polar surface area (TPSA) is 61.8 Å². The van der Waals surface area contributed by atoms with Gasteiger partial charge in [0.15, 0.2) is 0 Å². The molecule has 0 saturated heterocycles. The summed E-state index contributed by atoms with van der Waals surface area (Å²) < 4.78 is 13.0. The summed E-state index contributed by atoms with van der Waals surface area (Å²) in [5.74, 6) is -0.468. The van der Waals surface area contributed by atoms with Crippen LogP contribution in [0.15, 0.2) is 36.4 Å². The van der Waals surface area contributed by atoms with Crippen LogP contribution in [0.5, 0.6) is 0 Å². The van der Waals surface area contributed by atoms with Crippen molar-refractivity contribution in [3.63, 3.8) is 0 Å². The molecule has 0 aliphatic carbocycles. The molecule has 0 bridgehead atoms. The highest BCUT2D eigenvalue weighted by atomic mass is 35.5. The summed E-state index contributed by atoms with van der Waals surface area (Å²) in [6, 6.07) is 10.9. The first-order chi connectivity index (χ1) is 8.61. The van der Waals surface area contributed by atoms with Crippen molar-refractivity contribution in [2.45, 2.75) is 0 Å². The van der Waals surface area contributed by atoms with E-state index >= 15 is 0 Å². The fourth-order valence-electron chi connectivity index (χ4n) is 1.53. The Morgan fingerprint density at radius 1 is 1.28 bits per heavy atom. The van der Waals surface area contributed by atoms with Gasteiger partial charge in [0.2, 0.25) is 0 Å². The Bertz CT molecular complexity index is 614. The number of nitrogens with one attached hydrogen (secondary N) is 1. The molecular formula is C13H9ClFN3. The van der Waals surface area contributed by atoms with Crippen molar-refractivity contribution in [1.82, 2.24) is 0 Å². The minimum absolute atomic E-state index is 0.189. The van der Waals surface area contributed by atoms with Crippen LogP contribution >= 0.6 is 11.6 Å². The van der Waals surface area contributed by atoms with E-state index in [9.17, 15) is 4.39 Å². The summed E-state index contributed by atoms with van der Waals surface area (Å²) in [6.07, 6.45) is 0. The maximum atomic E-state index is 13.0. The maximum absolute atomic E-state index is 13.0. The molecule has 5 heteroatoms. The van der Waals surface area contributed by atoms with E-state index in [0.717, 1.165) is 6.07 Å². The van der Waals surface area contributed by atoms with Crippen molar-refractivity contribution >= 4 is 28.7 Å².